The number of phenols is 1. The Morgan fingerprint density at radius 3 is 2.00 bits per heavy atom. The molecule has 3 nitrogen and oxygen atoms in total. The maximum Gasteiger partial charge on any atom is 0.188 e. The molecular formula is C14H9BrF4N2O. The van der Waals surface area contributed by atoms with Gasteiger partial charge in [0.1, 0.15) is 11.4 Å². The number of phenolic OH excluding ortho intramolecular Hbond substituents is 1. The standard InChI is InChI=1S/C14H9BrF4N2O/c1-6(7-2-4-8(22)5-3-7)20-21-14-12(18)10(16)9(15)11(17)13(14)19/h2-5,21-22H,1H3. The van der Waals surface area contributed by atoms with E-state index in [4.69, 9.17) is 5.11 Å². The molecule has 0 aliphatic rings. The summed E-state index contributed by atoms with van der Waals surface area (Å²) >= 11 is 2.42. The Morgan fingerprint density at radius 1 is 1.00 bits per heavy atom. The van der Waals surface area contributed by atoms with Crippen LogP contribution in [0.2, 0.25) is 0 Å². The van der Waals surface area contributed by atoms with Crippen molar-refractivity contribution in [2.24, 2.45) is 5.10 Å². The lowest BCUT2D eigenvalue weighted by atomic mass is 10.1. The van der Waals surface area contributed by atoms with Gasteiger partial charge in [-0.05, 0) is 52.7 Å². The van der Waals surface area contributed by atoms with Crippen LogP contribution in [-0.2, 0) is 0 Å². The molecule has 2 rings (SSSR count). The fraction of sp³-hybridized carbons (Fsp3) is 0.0714. The number of nitrogens with one attached hydrogen (secondary N) is 1. The maximum absolute atomic E-state index is 13.6. The quantitative estimate of drug-likeness (QED) is 0.271. The first-order valence-corrected chi connectivity index (χ1v) is 6.73. The van der Waals surface area contributed by atoms with Crippen LogP contribution in [-0.4, -0.2) is 10.8 Å². The zero-order valence-electron chi connectivity index (χ0n) is 11.1. The molecule has 0 unspecified atom stereocenters. The number of aromatic hydroxyl groups is 1. The number of nitrogens with zero attached hydrogens (tertiary/aromatic N) is 1. The van der Waals surface area contributed by atoms with Crippen molar-refractivity contribution in [2.45, 2.75) is 6.92 Å². The van der Waals surface area contributed by atoms with Crippen LogP contribution in [0.1, 0.15) is 12.5 Å². The first-order valence-electron chi connectivity index (χ1n) is 5.94. The van der Waals surface area contributed by atoms with Crippen LogP contribution >= 0.6 is 15.9 Å². The van der Waals surface area contributed by atoms with Gasteiger partial charge in [-0.25, -0.2) is 17.6 Å². The average Bonchev–Trinajstić information content (AvgIpc) is 2.51. The van der Waals surface area contributed by atoms with Gasteiger partial charge < -0.3 is 5.11 Å². The van der Waals surface area contributed by atoms with Crippen LogP contribution in [0.15, 0.2) is 33.8 Å². The zero-order valence-corrected chi connectivity index (χ0v) is 12.7. The van der Waals surface area contributed by atoms with Gasteiger partial charge >= 0.3 is 0 Å². The SMILES string of the molecule is CC(=NNc1c(F)c(F)c(Br)c(F)c1F)c1ccc(O)cc1. The van der Waals surface area contributed by atoms with E-state index in [1.807, 2.05) is 5.43 Å². The van der Waals surface area contributed by atoms with Crippen molar-refractivity contribution in [3.8, 4) is 5.75 Å². The van der Waals surface area contributed by atoms with Crippen LogP contribution in [0.4, 0.5) is 23.2 Å². The Hall–Kier alpha value is -2.09. The lowest BCUT2D eigenvalue weighted by Gasteiger charge is -2.09. The highest BCUT2D eigenvalue weighted by Crippen LogP contribution is 2.31. The molecule has 2 aromatic carbocycles. The zero-order chi connectivity index (χ0) is 16.4. The largest absolute Gasteiger partial charge is 0.508 e. The molecule has 8 heteroatoms. The van der Waals surface area contributed by atoms with Crippen LogP contribution in [0.3, 0.4) is 0 Å². The fourth-order valence-electron chi connectivity index (χ4n) is 1.61. The first kappa shape index (κ1) is 16.3. The molecule has 0 aliphatic carbocycles. The predicted octanol–water partition coefficient (Wildman–Crippen LogP) is 4.55. The third-order valence-electron chi connectivity index (χ3n) is 2.83. The Balaban J connectivity index is 2.35. The molecule has 0 amide bonds. The molecule has 0 spiro atoms. The molecule has 2 N–H and O–H groups in total. The van der Waals surface area contributed by atoms with Crippen molar-refractivity contribution >= 4 is 27.3 Å². The highest BCUT2D eigenvalue weighted by molar-refractivity contribution is 9.10. The van der Waals surface area contributed by atoms with Crippen molar-refractivity contribution in [1.82, 2.24) is 0 Å². The molecule has 0 bridgehead atoms. The van der Waals surface area contributed by atoms with E-state index in [0.717, 1.165) is 0 Å². The molecule has 0 fully saturated rings. The molecule has 0 aliphatic heterocycles. The van der Waals surface area contributed by atoms with Gasteiger partial charge in [0.15, 0.2) is 23.3 Å². The van der Waals surface area contributed by atoms with E-state index in [-0.39, 0.29) is 5.75 Å². The highest BCUT2D eigenvalue weighted by atomic mass is 79.9. The molecular weight excluding hydrogens is 368 g/mol. The van der Waals surface area contributed by atoms with E-state index in [2.05, 4.69) is 21.0 Å². The smallest absolute Gasteiger partial charge is 0.188 e. The first-order chi connectivity index (χ1) is 10.3. The molecule has 0 saturated heterocycles. The van der Waals surface area contributed by atoms with Gasteiger partial charge in [0.2, 0.25) is 0 Å². The second-order valence-corrected chi connectivity index (χ2v) is 5.09. The fourth-order valence-corrected chi connectivity index (χ4v) is 1.96. The topological polar surface area (TPSA) is 44.6 Å². The maximum atomic E-state index is 13.6. The van der Waals surface area contributed by atoms with Crippen LogP contribution in [0, 0.1) is 23.3 Å². The predicted molar refractivity (Wildman–Crippen MR) is 77.9 cm³/mol. The second-order valence-electron chi connectivity index (χ2n) is 4.30. The van der Waals surface area contributed by atoms with E-state index in [1.54, 1.807) is 0 Å². The van der Waals surface area contributed by atoms with E-state index < -0.39 is 33.4 Å². The lowest BCUT2D eigenvalue weighted by molar-refractivity contribution is 0.451. The molecule has 0 radical (unpaired) electrons. The third kappa shape index (κ3) is 3.06. The molecule has 0 saturated carbocycles. The molecule has 0 heterocycles. The van der Waals surface area contributed by atoms with Gasteiger partial charge in [0, 0.05) is 0 Å². The second kappa shape index (κ2) is 6.35. The Kier molecular flexibility index (Phi) is 4.70. The van der Waals surface area contributed by atoms with E-state index in [0.29, 0.717) is 11.3 Å². The van der Waals surface area contributed by atoms with Crippen molar-refractivity contribution in [2.75, 3.05) is 5.43 Å². The number of hydrogen-bond donors (Lipinski definition) is 2. The van der Waals surface area contributed by atoms with Crippen molar-refractivity contribution in [1.29, 1.82) is 0 Å². The van der Waals surface area contributed by atoms with Crippen LogP contribution in [0.25, 0.3) is 0 Å². The molecule has 2 aromatic rings. The average molecular weight is 377 g/mol. The van der Waals surface area contributed by atoms with Gasteiger partial charge in [0.25, 0.3) is 0 Å². The van der Waals surface area contributed by atoms with E-state index >= 15 is 0 Å². The summed E-state index contributed by atoms with van der Waals surface area (Å²) in [5.41, 5.74) is 1.79. The van der Waals surface area contributed by atoms with E-state index in [9.17, 15) is 17.6 Å². The summed E-state index contributed by atoms with van der Waals surface area (Å²) in [4.78, 5) is 0. The summed E-state index contributed by atoms with van der Waals surface area (Å²) in [7, 11) is 0. The van der Waals surface area contributed by atoms with Gasteiger partial charge in [0.05, 0.1) is 10.2 Å². The number of rotatable bonds is 3. The molecule has 0 atom stereocenters. The lowest BCUT2D eigenvalue weighted by Crippen LogP contribution is -2.06. The van der Waals surface area contributed by atoms with Crippen molar-refractivity contribution in [3.63, 3.8) is 0 Å². The normalized spacial score (nSPS) is 11.6. The number of benzene rings is 2. The molecule has 116 valence electrons. The van der Waals surface area contributed by atoms with Gasteiger partial charge in [-0.1, -0.05) is 0 Å². The van der Waals surface area contributed by atoms with Crippen molar-refractivity contribution in [3.05, 3.63) is 57.6 Å². The summed E-state index contributed by atoms with van der Waals surface area (Å²) in [6.07, 6.45) is 0. The Bertz CT molecular complexity index is 718. The van der Waals surface area contributed by atoms with E-state index in [1.165, 1.54) is 31.2 Å². The summed E-state index contributed by atoms with van der Waals surface area (Å²) in [6, 6.07) is 5.83. The number of anilines is 1. The van der Waals surface area contributed by atoms with Crippen LogP contribution in [0.5, 0.6) is 5.75 Å². The number of halogens is 5. The van der Waals surface area contributed by atoms with Gasteiger partial charge in [-0.3, -0.25) is 5.43 Å². The summed E-state index contributed by atoms with van der Waals surface area (Å²) in [5.74, 6) is -6.25. The minimum atomic E-state index is -1.59. The molecule has 22 heavy (non-hydrogen) atoms. The van der Waals surface area contributed by atoms with Crippen LogP contribution < -0.4 is 5.43 Å². The summed E-state index contributed by atoms with van der Waals surface area (Å²) in [6.45, 7) is 1.51. The van der Waals surface area contributed by atoms with Crippen molar-refractivity contribution < 1.29 is 22.7 Å². The number of hydrazone groups is 1. The number of hydrogen-bond acceptors (Lipinski definition) is 3. The van der Waals surface area contributed by atoms with Gasteiger partial charge in [-0.15, -0.1) is 0 Å². The van der Waals surface area contributed by atoms with Gasteiger partial charge in [-0.2, -0.15) is 5.10 Å². The summed E-state index contributed by atoms with van der Waals surface area (Å²) < 4.78 is 53.1. The Morgan fingerprint density at radius 2 is 1.50 bits per heavy atom. The Labute approximate surface area is 131 Å². The third-order valence-corrected chi connectivity index (χ3v) is 3.53. The summed E-state index contributed by atoms with van der Waals surface area (Å²) in [5, 5.41) is 12.8. The minimum Gasteiger partial charge on any atom is -0.508 e. The monoisotopic (exact) mass is 376 g/mol. The molecule has 0 aromatic heterocycles. The minimum absolute atomic E-state index is 0.0404. The highest BCUT2D eigenvalue weighted by Gasteiger charge is 2.24.